The van der Waals surface area contributed by atoms with E-state index < -0.39 is 53.7 Å². The van der Waals surface area contributed by atoms with Crippen molar-refractivity contribution in [2.45, 2.75) is 23.6 Å². The van der Waals surface area contributed by atoms with Gasteiger partial charge < -0.3 is 31.5 Å². The maximum absolute atomic E-state index is 13.3. The fourth-order valence-electron chi connectivity index (χ4n) is 5.86. The lowest BCUT2D eigenvalue weighted by atomic mass is 10.1. The molecule has 0 heterocycles. The van der Waals surface area contributed by atoms with Gasteiger partial charge in [0.2, 0.25) is 0 Å². The van der Waals surface area contributed by atoms with E-state index in [9.17, 15) is 55.3 Å². The minimum absolute atomic E-state index is 0.0394. The highest BCUT2D eigenvalue weighted by Gasteiger charge is 2.21. The molecule has 4 amide bonds. The van der Waals surface area contributed by atoms with E-state index in [2.05, 4.69) is 21.3 Å². The van der Waals surface area contributed by atoms with Gasteiger partial charge in [-0.2, -0.15) is 16.8 Å². The van der Waals surface area contributed by atoms with Gasteiger partial charge in [-0.1, -0.05) is 24.3 Å². The van der Waals surface area contributed by atoms with Crippen molar-refractivity contribution in [2.75, 3.05) is 21.3 Å². The molecule has 6 aromatic carbocycles. The fraction of sp³-hybridized carbons (Fsp3) is 0.0526. The molecule has 0 fully saturated rings. The molecule has 56 heavy (non-hydrogen) atoms. The summed E-state index contributed by atoms with van der Waals surface area (Å²) in [6.07, 6.45) is 0. The molecule has 6 rings (SSSR count). The first-order valence-corrected chi connectivity index (χ1v) is 19.1. The predicted molar refractivity (Wildman–Crippen MR) is 206 cm³/mol. The van der Waals surface area contributed by atoms with Crippen molar-refractivity contribution in [3.05, 3.63) is 119 Å². The first-order chi connectivity index (χ1) is 26.3. The van der Waals surface area contributed by atoms with Crippen LogP contribution in [0.15, 0.2) is 107 Å². The Morgan fingerprint density at radius 2 is 0.804 bits per heavy atom. The van der Waals surface area contributed by atoms with Gasteiger partial charge in [0, 0.05) is 56.8 Å². The van der Waals surface area contributed by atoms with E-state index in [1.54, 1.807) is 13.8 Å². The minimum atomic E-state index is -4.72. The van der Waals surface area contributed by atoms with E-state index in [4.69, 9.17) is 0 Å². The lowest BCUT2D eigenvalue weighted by molar-refractivity contribution is -0.132. The lowest BCUT2D eigenvalue weighted by Gasteiger charge is -2.13. The monoisotopic (exact) mass is 798 g/mol. The van der Waals surface area contributed by atoms with Crippen LogP contribution in [0.4, 0.5) is 22.7 Å². The molecule has 0 radical (unpaired) electrons. The lowest BCUT2D eigenvalue weighted by Crippen LogP contribution is -2.29. The second-order valence-corrected chi connectivity index (χ2v) is 15.4. The molecular weight excluding hydrogens is 769 g/mol. The predicted octanol–water partition coefficient (Wildman–Crippen LogP) is 5.60. The van der Waals surface area contributed by atoms with Gasteiger partial charge in [-0.3, -0.25) is 28.3 Å². The number of phenols is 2. The highest BCUT2D eigenvalue weighted by atomic mass is 32.2. The number of carbonyl (C=O) groups excluding carboxylic acids is 4. The number of hydrogen-bond acceptors (Lipinski definition) is 10. The van der Waals surface area contributed by atoms with Crippen molar-refractivity contribution in [1.82, 2.24) is 0 Å². The van der Waals surface area contributed by atoms with Gasteiger partial charge >= 0.3 is 11.8 Å². The molecule has 16 nitrogen and oxygen atoms in total. The van der Waals surface area contributed by atoms with Gasteiger partial charge in [0.1, 0.15) is 21.3 Å². The van der Waals surface area contributed by atoms with Gasteiger partial charge in [-0.15, -0.1) is 0 Å². The van der Waals surface area contributed by atoms with E-state index in [0.29, 0.717) is 11.1 Å². The largest absolute Gasteiger partial charge is 0.508 e. The molecule has 0 atom stereocenters. The second-order valence-electron chi connectivity index (χ2n) is 12.6. The first kappa shape index (κ1) is 38.9. The molecule has 0 saturated carbocycles. The highest BCUT2D eigenvalue weighted by molar-refractivity contribution is 7.86. The van der Waals surface area contributed by atoms with Gasteiger partial charge in [0.15, 0.2) is 0 Å². The molecule has 0 unspecified atom stereocenters. The number of anilines is 4. The molecule has 0 aromatic heterocycles. The van der Waals surface area contributed by atoms with E-state index in [-0.39, 0.29) is 66.9 Å². The summed E-state index contributed by atoms with van der Waals surface area (Å²) in [6.45, 7) is 3.25. The maximum Gasteiger partial charge on any atom is 0.314 e. The number of rotatable bonds is 8. The Morgan fingerprint density at radius 3 is 1.16 bits per heavy atom. The maximum atomic E-state index is 13.3. The van der Waals surface area contributed by atoms with Crippen molar-refractivity contribution in [3.8, 4) is 11.5 Å². The van der Waals surface area contributed by atoms with E-state index in [1.807, 2.05) is 0 Å². The zero-order chi connectivity index (χ0) is 40.7. The van der Waals surface area contributed by atoms with Crippen LogP contribution in [0.25, 0.3) is 21.5 Å². The van der Waals surface area contributed by atoms with E-state index >= 15 is 0 Å². The number of phenolic OH excluding ortho intramolecular Hbond substituents is 2. The van der Waals surface area contributed by atoms with Crippen LogP contribution in [0.2, 0.25) is 0 Å². The molecule has 0 aliphatic carbocycles. The molecule has 0 saturated heterocycles. The van der Waals surface area contributed by atoms with Crippen molar-refractivity contribution in [1.29, 1.82) is 0 Å². The molecule has 0 aliphatic rings. The summed E-state index contributed by atoms with van der Waals surface area (Å²) in [7, 11) is -9.45. The third-order valence-electron chi connectivity index (χ3n) is 8.56. The molecular formula is C38H30N4O12S2. The second kappa shape index (κ2) is 14.8. The fourth-order valence-corrected chi connectivity index (χ4v) is 7.31. The van der Waals surface area contributed by atoms with Crippen LogP contribution in [0.1, 0.15) is 31.8 Å². The SMILES string of the molecule is Cc1ccc(NC(=O)C(=O)Nc2ccc(C)c(C(=O)Nc3ccc4cc(O)cc(S(=O)(=O)O)c4c3)c2)cc1C(=O)Nc1ccc2cc(O)cc(S(=O)(=O)O)c2c1. The average Bonchev–Trinajstić information content (AvgIpc) is 3.11. The Morgan fingerprint density at radius 1 is 0.464 bits per heavy atom. The molecule has 0 spiro atoms. The standard InChI is InChI=1S/C38H30N4O12S2/c1-19-3-7-23(13-29(19)35(45)39-25-9-5-21-11-27(43)17-33(31(21)15-25)55(49,50)51)41-37(47)38(48)42-24-8-4-20(2)30(14-24)36(46)40-26-10-6-22-12-28(44)18-34(32(22)16-26)56(52,53)54/h3-18,43-44H,1-2H3,(H,39,45)(H,40,46)(H,41,47)(H,42,48)(H,49,50,51)(H,52,53,54). The van der Waals surface area contributed by atoms with Gasteiger partial charge in [0.05, 0.1) is 0 Å². The Balaban J connectivity index is 1.14. The van der Waals surface area contributed by atoms with Crippen molar-refractivity contribution < 1.29 is 55.3 Å². The first-order valence-electron chi connectivity index (χ1n) is 16.2. The van der Waals surface area contributed by atoms with Crippen LogP contribution < -0.4 is 21.3 Å². The summed E-state index contributed by atoms with van der Waals surface area (Å²) in [5, 5.41) is 30.5. The number of aromatic hydroxyl groups is 2. The molecule has 6 aromatic rings. The summed E-state index contributed by atoms with van der Waals surface area (Å²) < 4.78 is 67.0. The van der Waals surface area contributed by atoms with Crippen LogP contribution in [0.3, 0.4) is 0 Å². The minimum Gasteiger partial charge on any atom is -0.508 e. The quantitative estimate of drug-likeness (QED) is 0.0691. The zero-order valence-corrected chi connectivity index (χ0v) is 30.7. The van der Waals surface area contributed by atoms with Crippen LogP contribution in [-0.4, -0.2) is 59.8 Å². The van der Waals surface area contributed by atoms with Crippen LogP contribution in [-0.2, 0) is 29.8 Å². The smallest absolute Gasteiger partial charge is 0.314 e. The molecule has 0 aliphatic heterocycles. The average molecular weight is 799 g/mol. The summed E-state index contributed by atoms with van der Waals surface area (Å²) in [6, 6.07) is 21.3. The third-order valence-corrected chi connectivity index (χ3v) is 10.3. The van der Waals surface area contributed by atoms with Crippen molar-refractivity contribution in [2.24, 2.45) is 0 Å². The summed E-state index contributed by atoms with van der Waals surface area (Å²) in [5.74, 6) is -4.30. The zero-order valence-electron chi connectivity index (χ0n) is 29.1. The van der Waals surface area contributed by atoms with Gasteiger partial charge in [0.25, 0.3) is 32.1 Å². The van der Waals surface area contributed by atoms with Crippen LogP contribution in [0.5, 0.6) is 11.5 Å². The normalized spacial score (nSPS) is 11.6. The number of fused-ring (bicyclic) bond motifs is 2. The Hall–Kier alpha value is -6.86. The van der Waals surface area contributed by atoms with Gasteiger partial charge in [-0.25, -0.2) is 0 Å². The molecule has 8 N–H and O–H groups in total. The van der Waals surface area contributed by atoms with Crippen LogP contribution in [0, 0.1) is 13.8 Å². The number of amides is 4. The Kier molecular flexibility index (Phi) is 10.2. The number of carbonyl (C=O) groups is 4. The summed E-state index contributed by atoms with van der Waals surface area (Å²) in [5.41, 5.74) is 1.63. The van der Waals surface area contributed by atoms with Crippen molar-refractivity contribution >= 4 is 88.2 Å². The Labute approximate surface area is 318 Å². The molecule has 0 bridgehead atoms. The number of nitrogens with one attached hydrogen (secondary N) is 4. The molecule has 286 valence electrons. The topological polar surface area (TPSA) is 266 Å². The highest BCUT2D eigenvalue weighted by Crippen LogP contribution is 2.32. The Bertz CT molecular complexity index is 2700. The van der Waals surface area contributed by atoms with Crippen molar-refractivity contribution in [3.63, 3.8) is 0 Å². The van der Waals surface area contributed by atoms with E-state index in [1.165, 1.54) is 84.9 Å². The van der Waals surface area contributed by atoms with Gasteiger partial charge in [-0.05, 0) is 96.4 Å². The summed E-state index contributed by atoms with van der Waals surface area (Å²) in [4.78, 5) is 51.3. The number of hydrogen-bond donors (Lipinski definition) is 8. The third kappa shape index (κ3) is 8.43. The molecule has 18 heteroatoms. The number of benzene rings is 6. The summed E-state index contributed by atoms with van der Waals surface area (Å²) >= 11 is 0. The number of aryl methyl sites for hydroxylation is 2. The van der Waals surface area contributed by atoms with E-state index in [0.717, 1.165) is 12.1 Å². The van der Waals surface area contributed by atoms with Crippen LogP contribution >= 0.6 is 0 Å².